The molecule has 0 aromatic heterocycles. The third-order valence-electron chi connectivity index (χ3n) is 4.20. The van der Waals surface area contributed by atoms with Crippen molar-refractivity contribution >= 4 is 5.97 Å². The van der Waals surface area contributed by atoms with Crippen LogP contribution in [0.3, 0.4) is 0 Å². The average molecular weight is 376 g/mol. The summed E-state index contributed by atoms with van der Waals surface area (Å²) in [6, 6.07) is 27.0. The maximum atomic E-state index is 12.0. The molecule has 3 rings (SSSR count). The van der Waals surface area contributed by atoms with Gasteiger partial charge in [0, 0.05) is 6.42 Å². The van der Waals surface area contributed by atoms with Crippen molar-refractivity contribution in [1.29, 1.82) is 0 Å². The van der Waals surface area contributed by atoms with Crippen LogP contribution in [0.15, 0.2) is 84.9 Å². The third-order valence-corrected chi connectivity index (χ3v) is 4.20. The van der Waals surface area contributed by atoms with E-state index >= 15 is 0 Å². The van der Waals surface area contributed by atoms with Crippen LogP contribution in [0.2, 0.25) is 0 Å². The predicted molar refractivity (Wildman–Crippen MR) is 108 cm³/mol. The molecule has 0 unspecified atom stereocenters. The first kappa shape index (κ1) is 19.6. The van der Waals surface area contributed by atoms with Crippen molar-refractivity contribution in [3.63, 3.8) is 0 Å². The Morgan fingerprint density at radius 2 is 1.25 bits per heavy atom. The van der Waals surface area contributed by atoms with Crippen LogP contribution in [-0.4, -0.2) is 19.4 Å². The van der Waals surface area contributed by atoms with Crippen molar-refractivity contribution in [2.45, 2.75) is 19.3 Å². The van der Waals surface area contributed by atoms with Gasteiger partial charge >= 0.3 is 5.97 Å². The minimum Gasteiger partial charge on any atom is -0.468 e. The van der Waals surface area contributed by atoms with Crippen LogP contribution in [0.4, 0.5) is 0 Å². The molecule has 3 aromatic carbocycles. The van der Waals surface area contributed by atoms with Crippen LogP contribution < -0.4 is 9.47 Å². The van der Waals surface area contributed by atoms with Gasteiger partial charge in [-0.2, -0.15) is 0 Å². The number of carbonyl (C=O) groups excluding carboxylic acids is 1. The van der Waals surface area contributed by atoms with E-state index in [1.54, 1.807) is 24.3 Å². The van der Waals surface area contributed by atoms with Crippen molar-refractivity contribution in [3.05, 3.63) is 96.1 Å². The highest BCUT2D eigenvalue weighted by molar-refractivity contribution is 5.72. The molecule has 4 nitrogen and oxygen atoms in total. The van der Waals surface area contributed by atoms with Crippen molar-refractivity contribution in [1.82, 2.24) is 0 Å². The molecule has 0 N–H and O–H groups in total. The Hall–Kier alpha value is -3.11. The number of aryl methyl sites for hydroxylation is 1. The van der Waals surface area contributed by atoms with Gasteiger partial charge in [0.25, 0.3) is 0 Å². The lowest BCUT2D eigenvalue weighted by Gasteiger charge is -2.09. The van der Waals surface area contributed by atoms with E-state index in [2.05, 4.69) is 12.1 Å². The average Bonchev–Trinajstić information content (AvgIpc) is 2.75. The first-order chi connectivity index (χ1) is 13.8. The van der Waals surface area contributed by atoms with Crippen LogP contribution >= 0.6 is 0 Å². The van der Waals surface area contributed by atoms with Crippen molar-refractivity contribution in [3.8, 4) is 11.5 Å². The molecule has 0 heterocycles. The summed E-state index contributed by atoms with van der Waals surface area (Å²) in [5.41, 5.74) is 2.36. The van der Waals surface area contributed by atoms with Crippen LogP contribution in [-0.2, 0) is 22.4 Å². The van der Waals surface area contributed by atoms with Crippen LogP contribution in [0, 0.1) is 0 Å². The van der Waals surface area contributed by atoms with Crippen LogP contribution in [0.1, 0.15) is 17.5 Å². The van der Waals surface area contributed by atoms with Gasteiger partial charge in [-0.3, -0.25) is 4.79 Å². The van der Waals surface area contributed by atoms with E-state index in [4.69, 9.17) is 14.2 Å². The van der Waals surface area contributed by atoms with E-state index in [0.29, 0.717) is 30.9 Å². The van der Waals surface area contributed by atoms with Gasteiger partial charge in [0.05, 0.1) is 6.61 Å². The quantitative estimate of drug-likeness (QED) is 0.220. The number of rotatable bonds is 10. The van der Waals surface area contributed by atoms with Gasteiger partial charge in [-0.1, -0.05) is 60.7 Å². The van der Waals surface area contributed by atoms with Crippen molar-refractivity contribution < 1.29 is 19.0 Å². The molecule has 144 valence electrons. The van der Waals surface area contributed by atoms with Gasteiger partial charge in [0.15, 0.2) is 6.79 Å². The molecule has 0 spiro atoms. The lowest BCUT2D eigenvalue weighted by atomic mass is 10.1. The molecular formula is C24H24O4. The van der Waals surface area contributed by atoms with Crippen molar-refractivity contribution in [2.75, 3.05) is 13.4 Å². The molecule has 0 saturated heterocycles. The zero-order chi connectivity index (χ0) is 19.4. The molecule has 0 aliphatic carbocycles. The normalized spacial score (nSPS) is 10.4. The highest BCUT2D eigenvalue weighted by Gasteiger charge is 2.06. The maximum Gasteiger partial charge on any atom is 0.311 e. The molecule has 3 aromatic rings. The maximum absolute atomic E-state index is 12.0. The fraction of sp³-hybridized carbons (Fsp3) is 0.208. The molecule has 0 aliphatic rings. The number of ether oxygens (including phenoxy) is 3. The number of hydrogen-bond donors (Lipinski definition) is 0. The van der Waals surface area contributed by atoms with Gasteiger partial charge in [-0.25, -0.2) is 0 Å². The number of hydrogen-bond acceptors (Lipinski definition) is 4. The van der Waals surface area contributed by atoms with Gasteiger partial charge in [0.1, 0.15) is 11.5 Å². The highest BCUT2D eigenvalue weighted by Crippen LogP contribution is 2.18. The number of benzene rings is 3. The first-order valence-electron chi connectivity index (χ1n) is 9.39. The minimum atomic E-state index is -0.248. The van der Waals surface area contributed by atoms with Gasteiger partial charge in [-0.15, -0.1) is 0 Å². The third kappa shape index (κ3) is 6.89. The number of esters is 1. The fourth-order valence-corrected chi connectivity index (χ4v) is 2.68. The SMILES string of the molecule is O=C(CCc1ccccc1)Oc1ccc(OCOCCc2ccccc2)cc1. The van der Waals surface area contributed by atoms with Crippen molar-refractivity contribution in [2.24, 2.45) is 0 Å². The minimum absolute atomic E-state index is 0.184. The monoisotopic (exact) mass is 376 g/mol. The summed E-state index contributed by atoms with van der Waals surface area (Å²) in [5, 5.41) is 0. The molecule has 0 atom stereocenters. The van der Waals surface area contributed by atoms with Crippen LogP contribution in [0.5, 0.6) is 11.5 Å². The fourth-order valence-electron chi connectivity index (χ4n) is 2.68. The van der Waals surface area contributed by atoms with E-state index in [-0.39, 0.29) is 12.8 Å². The second kappa shape index (κ2) is 10.9. The second-order valence-electron chi connectivity index (χ2n) is 6.34. The van der Waals surface area contributed by atoms with Crippen LogP contribution in [0.25, 0.3) is 0 Å². The molecule has 28 heavy (non-hydrogen) atoms. The molecule has 0 saturated carbocycles. The van der Waals surface area contributed by atoms with Gasteiger partial charge in [-0.05, 0) is 48.2 Å². The van der Waals surface area contributed by atoms with E-state index in [1.807, 2.05) is 48.5 Å². The zero-order valence-corrected chi connectivity index (χ0v) is 15.8. The standard InChI is InChI=1S/C24H24O4/c25-24(16-11-20-7-3-1-4-8-20)28-23-14-12-22(13-15-23)27-19-26-18-17-21-9-5-2-6-10-21/h1-10,12-15H,11,16-19H2. The Kier molecular flexibility index (Phi) is 7.65. The van der Waals surface area contributed by atoms with Gasteiger partial charge in [0.2, 0.25) is 0 Å². The van der Waals surface area contributed by atoms with E-state index in [1.165, 1.54) is 5.56 Å². The smallest absolute Gasteiger partial charge is 0.311 e. The molecule has 0 aliphatic heterocycles. The summed E-state index contributed by atoms with van der Waals surface area (Å²) in [7, 11) is 0. The molecule has 0 fully saturated rings. The largest absolute Gasteiger partial charge is 0.468 e. The van der Waals surface area contributed by atoms with E-state index in [9.17, 15) is 4.79 Å². The Morgan fingerprint density at radius 3 is 1.89 bits per heavy atom. The Balaban J connectivity index is 1.33. The van der Waals surface area contributed by atoms with Gasteiger partial charge < -0.3 is 14.2 Å². The topological polar surface area (TPSA) is 44.8 Å². The first-order valence-corrected chi connectivity index (χ1v) is 9.39. The molecule has 0 bridgehead atoms. The number of carbonyl (C=O) groups is 1. The molecule has 0 amide bonds. The molecule has 0 radical (unpaired) electrons. The second-order valence-corrected chi connectivity index (χ2v) is 6.34. The highest BCUT2D eigenvalue weighted by atomic mass is 16.7. The van der Waals surface area contributed by atoms with E-state index in [0.717, 1.165) is 12.0 Å². The predicted octanol–water partition coefficient (Wildman–Crippen LogP) is 4.82. The lowest BCUT2D eigenvalue weighted by molar-refractivity contribution is -0.134. The summed E-state index contributed by atoms with van der Waals surface area (Å²) in [6.45, 7) is 0.782. The molecule has 4 heteroatoms. The lowest BCUT2D eigenvalue weighted by Crippen LogP contribution is -2.09. The summed E-state index contributed by atoms with van der Waals surface area (Å²) in [5.74, 6) is 0.931. The Bertz CT molecular complexity index is 829. The zero-order valence-electron chi connectivity index (χ0n) is 15.8. The summed E-state index contributed by atoms with van der Waals surface area (Å²) < 4.78 is 16.4. The summed E-state index contributed by atoms with van der Waals surface area (Å²) >= 11 is 0. The molecular weight excluding hydrogens is 352 g/mol. The summed E-state index contributed by atoms with van der Waals surface area (Å²) in [4.78, 5) is 12.0. The Labute approximate surface area is 165 Å². The Morgan fingerprint density at radius 1 is 0.679 bits per heavy atom. The van der Waals surface area contributed by atoms with E-state index < -0.39 is 0 Å². The summed E-state index contributed by atoms with van der Waals surface area (Å²) in [6.07, 6.45) is 1.86.